The lowest BCUT2D eigenvalue weighted by atomic mass is 10.0. The molecule has 21 heavy (non-hydrogen) atoms. The number of nitrogens with one attached hydrogen (secondary N) is 1. The van der Waals surface area contributed by atoms with E-state index in [1.165, 1.54) is 28.8 Å². The second-order valence-corrected chi connectivity index (χ2v) is 5.19. The number of ether oxygens (including phenoxy) is 1. The third kappa shape index (κ3) is 4.45. The summed E-state index contributed by atoms with van der Waals surface area (Å²) in [5, 5.41) is 3.35. The van der Waals surface area contributed by atoms with Crippen molar-refractivity contribution in [3.63, 3.8) is 0 Å². The number of halogens is 2. The minimum atomic E-state index is -2.79. The predicted molar refractivity (Wildman–Crippen MR) is 81.0 cm³/mol. The van der Waals surface area contributed by atoms with Gasteiger partial charge in [-0.3, -0.25) is 0 Å². The predicted octanol–water partition coefficient (Wildman–Crippen LogP) is 5.08. The Hall–Kier alpha value is -2.10. The summed E-state index contributed by atoms with van der Waals surface area (Å²) in [5.41, 5.74) is 4.50. The topological polar surface area (TPSA) is 21.3 Å². The molecule has 1 unspecified atom stereocenters. The Balaban J connectivity index is 2.06. The highest BCUT2D eigenvalue weighted by Crippen LogP contribution is 2.23. The molecule has 0 amide bonds. The molecular formula is C17H19F2NO. The molecule has 2 rings (SSSR count). The Morgan fingerprint density at radius 2 is 1.52 bits per heavy atom. The van der Waals surface area contributed by atoms with E-state index in [1.54, 1.807) is 12.1 Å². The van der Waals surface area contributed by atoms with E-state index in [1.807, 2.05) is 0 Å². The van der Waals surface area contributed by atoms with Crippen molar-refractivity contribution in [3.8, 4) is 5.75 Å². The zero-order valence-corrected chi connectivity index (χ0v) is 12.4. The highest BCUT2D eigenvalue weighted by Gasteiger charge is 2.08. The lowest BCUT2D eigenvalue weighted by Crippen LogP contribution is -2.07. The Labute approximate surface area is 123 Å². The van der Waals surface area contributed by atoms with Gasteiger partial charge in [-0.1, -0.05) is 29.3 Å². The Bertz CT molecular complexity index is 576. The van der Waals surface area contributed by atoms with Gasteiger partial charge in [-0.25, -0.2) is 0 Å². The second kappa shape index (κ2) is 6.57. The van der Waals surface area contributed by atoms with Gasteiger partial charge in [0.1, 0.15) is 5.75 Å². The molecule has 2 aromatic carbocycles. The molecule has 0 bridgehead atoms. The van der Waals surface area contributed by atoms with E-state index in [9.17, 15) is 8.78 Å². The van der Waals surface area contributed by atoms with Gasteiger partial charge in [0.25, 0.3) is 0 Å². The number of hydrogen-bond donors (Lipinski definition) is 1. The first kappa shape index (κ1) is 15.3. The molecule has 0 aromatic heterocycles. The van der Waals surface area contributed by atoms with E-state index in [2.05, 4.69) is 49.0 Å². The summed E-state index contributed by atoms with van der Waals surface area (Å²) in [6, 6.07) is 13.1. The second-order valence-electron chi connectivity index (χ2n) is 5.19. The third-order valence-corrected chi connectivity index (χ3v) is 3.21. The van der Waals surface area contributed by atoms with E-state index in [0.717, 1.165) is 5.69 Å². The molecule has 2 aromatic rings. The van der Waals surface area contributed by atoms with Crippen molar-refractivity contribution in [2.24, 2.45) is 0 Å². The molecule has 1 atom stereocenters. The van der Waals surface area contributed by atoms with Crippen molar-refractivity contribution in [3.05, 3.63) is 59.2 Å². The number of rotatable bonds is 5. The summed E-state index contributed by atoms with van der Waals surface area (Å²) < 4.78 is 28.5. The quantitative estimate of drug-likeness (QED) is 0.829. The zero-order valence-electron chi connectivity index (χ0n) is 12.4. The van der Waals surface area contributed by atoms with Gasteiger partial charge >= 0.3 is 6.61 Å². The number of hydrogen-bond acceptors (Lipinski definition) is 2. The lowest BCUT2D eigenvalue weighted by molar-refractivity contribution is -0.0498. The van der Waals surface area contributed by atoms with Crippen molar-refractivity contribution in [1.29, 1.82) is 0 Å². The molecule has 112 valence electrons. The van der Waals surface area contributed by atoms with E-state index in [0.29, 0.717) is 0 Å². The van der Waals surface area contributed by atoms with Crippen LogP contribution in [0.15, 0.2) is 42.5 Å². The van der Waals surface area contributed by atoms with Crippen molar-refractivity contribution in [2.75, 3.05) is 5.32 Å². The smallest absolute Gasteiger partial charge is 0.387 e. The number of aryl methyl sites for hydroxylation is 2. The van der Waals surface area contributed by atoms with Gasteiger partial charge < -0.3 is 10.1 Å². The third-order valence-electron chi connectivity index (χ3n) is 3.21. The fraction of sp³-hybridized carbons (Fsp3) is 0.294. The summed E-state index contributed by atoms with van der Waals surface area (Å²) >= 11 is 0. The van der Waals surface area contributed by atoms with E-state index in [4.69, 9.17) is 0 Å². The SMILES string of the molecule is Cc1cc(C)cc(C(C)Nc2ccc(OC(F)F)cc2)c1. The largest absolute Gasteiger partial charge is 0.435 e. The summed E-state index contributed by atoms with van der Waals surface area (Å²) in [7, 11) is 0. The summed E-state index contributed by atoms with van der Waals surface area (Å²) in [6.45, 7) is 3.41. The van der Waals surface area contributed by atoms with Crippen molar-refractivity contribution in [1.82, 2.24) is 0 Å². The van der Waals surface area contributed by atoms with Crippen LogP contribution in [0, 0.1) is 13.8 Å². The Morgan fingerprint density at radius 3 is 2.05 bits per heavy atom. The average Bonchev–Trinajstić information content (AvgIpc) is 2.39. The maximum atomic E-state index is 12.1. The van der Waals surface area contributed by atoms with E-state index < -0.39 is 6.61 Å². The van der Waals surface area contributed by atoms with Gasteiger partial charge in [-0.15, -0.1) is 0 Å². The van der Waals surface area contributed by atoms with Crippen LogP contribution in [-0.4, -0.2) is 6.61 Å². The van der Waals surface area contributed by atoms with E-state index >= 15 is 0 Å². The highest BCUT2D eigenvalue weighted by molar-refractivity contribution is 5.48. The summed E-state index contributed by atoms with van der Waals surface area (Å²) in [6.07, 6.45) is 0. The van der Waals surface area contributed by atoms with Gasteiger partial charge in [-0.05, 0) is 50.6 Å². The molecule has 0 fully saturated rings. The first-order valence-electron chi connectivity index (χ1n) is 6.83. The molecule has 1 N–H and O–H groups in total. The van der Waals surface area contributed by atoms with Crippen LogP contribution in [-0.2, 0) is 0 Å². The first-order valence-corrected chi connectivity index (χ1v) is 6.83. The fourth-order valence-electron chi connectivity index (χ4n) is 2.33. The van der Waals surface area contributed by atoms with Gasteiger partial charge in [0.2, 0.25) is 0 Å². The number of anilines is 1. The molecule has 0 aliphatic heterocycles. The Morgan fingerprint density at radius 1 is 0.952 bits per heavy atom. The molecule has 0 saturated heterocycles. The molecule has 0 aliphatic rings. The molecule has 0 saturated carbocycles. The van der Waals surface area contributed by atoms with Crippen LogP contribution in [0.4, 0.5) is 14.5 Å². The van der Waals surface area contributed by atoms with Gasteiger partial charge in [0.05, 0.1) is 0 Å². The van der Waals surface area contributed by atoms with Crippen molar-refractivity contribution >= 4 is 5.69 Å². The molecular weight excluding hydrogens is 272 g/mol. The lowest BCUT2D eigenvalue weighted by Gasteiger charge is -2.17. The minimum absolute atomic E-state index is 0.130. The molecule has 2 nitrogen and oxygen atoms in total. The maximum Gasteiger partial charge on any atom is 0.387 e. The van der Waals surface area contributed by atoms with Crippen LogP contribution in [0.5, 0.6) is 5.75 Å². The monoisotopic (exact) mass is 291 g/mol. The van der Waals surface area contributed by atoms with Crippen molar-refractivity contribution < 1.29 is 13.5 Å². The minimum Gasteiger partial charge on any atom is -0.435 e. The summed E-state index contributed by atoms with van der Waals surface area (Å²) in [4.78, 5) is 0. The fourth-order valence-corrected chi connectivity index (χ4v) is 2.33. The molecule has 0 spiro atoms. The number of benzene rings is 2. The van der Waals surface area contributed by atoms with Crippen LogP contribution < -0.4 is 10.1 Å². The van der Waals surface area contributed by atoms with Gasteiger partial charge in [0.15, 0.2) is 0 Å². The van der Waals surface area contributed by atoms with Crippen LogP contribution in [0.25, 0.3) is 0 Å². The molecule has 0 heterocycles. The zero-order chi connectivity index (χ0) is 15.4. The molecule has 0 aliphatic carbocycles. The highest BCUT2D eigenvalue weighted by atomic mass is 19.3. The molecule has 4 heteroatoms. The van der Waals surface area contributed by atoms with Crippen molar-refractivity contribution in [2.45, 2.75) is 33.4 Å². The average molecular weight is 291 g/mol. The summed E-state index contributed by atoms with van der Waals surface area (Å²) in [5.74, 6) is 0.162. The standard InChI is InChI=1S/C17H19F2NO/c1-11-8-12(2)10-14(9-11)13(3)20-15-4-6-16(7-5-15)21-17(18)19/h4-10,13,17,20H,1-3H3. The molecule has 0 radical (unpaired) electrons. The number of alkyl halides is 2. The maximum absolute atomic E-state index is 12.1. The van der Waals surface area contributed by atoms with Crippen LogP contribution in [0.2, 0.25) is 0 Å². The Kier molecular flexibility index (Phi) is 4.78. The van der Waals surface area contributed by atoms with Gasteiger partial charge in [0, 0.05) is 11.7 Å². The first-order chi connectivity index (χ1) is 9.94. The van der Waals surface area contributed by atoms with Gasteiger partial charge in [-0.2, -0.15) is 8.78 Å². The van der Waals surface area contributed by atoms with Crippen LogP contribution >= 0.6 is 0 Å². The van der Waals surface area contributed by atoms with E-state index in [-0.39, 0.29) is 11.8 Å². The van der Waals surface area contributed by atoms with Crippen LogP contribution in [0.1, 0.15) is 29.7 Å². The normalized spacial score (nSPS) is 12.3. The van der Waals surface area contributed by atoms with Crippen LogP contribution in [0.3, 0.4) is 0 Å².